The molecule has 65 heavy (non-hydrogen) atoms. The lowest BCUT2D eigenvalue weighted by molar-refractivity contribution is 0.660. The van der Waals surface area contributed by atoms with Crippen molar-refractivity contribution in [3.63, 3.8) is 0 Å². The predicted octanol–water partition coefficient (Wildman–Crippen LogP) is 16.5. The summed E-state index contributed by atoms with van der Waals surface area (Å²) in [4.78, 5) is 5.11. The third-order valence-corrected chi connectivity index (χ3v) is 16.0. The first-order valence-corrected chi connectivity index (χ1v) is 23.5. The van der Waals surface area contributed by atoms with E-state index in [0.29, 0.717) is 0 Å². The topological polar surface area (TPSA) is 8.17 Å². The molecule has 0 amide bonds. The van der Waals surface area contributed by atoms with E-state index in [1.165, 1.54) is 98.0 Å². The number of hydrogen-bond acceptors (Lipinski definition) is 2. The van der Waals surface area contributed by atoms with Crippen molar-refractivity contribution in [3.05, 3.63) is 252 Å². The van der Waals surface area contributed by atoms with Crippen LogP contribution in [0.2, 0.25) is 0 Å². The van der Waals surface area contributed by atoms with Gasteiger partial charge < -0.3 is 9.47 Å². The van der Waals surface area contributed by atoms with E-state index in [9.17, 15) is 0 Å². The lowest BCUT2D eigenvalue weighted by Crippen LogP contribution is -2.36. The molecule has 14 rings (SSSR count). The molecule has 1 aromatic heterocycles. The highest BCUT2D eigenvalue weighted by molar-refractivity contribution is 7.99. The Morgan fingerprint density at radius 2 is 0.954 bits per heavy atom. The molecule has 0 saturated heterocycles. The normalized spacial score (nSPS) is 16.0. The van der Waals surface area contributed by atoms with Gasteiger partial charge in [-0.2, -0.15) is 0 Å². The summed E-state index contributed by atoms with van der Waals surface area (Å²) in [5, 5.41) is 5.07. The van der Waals surface area contributed by atoms with Gasteiger partial charge in [0, 0.05) is 48.7 Å². The summed E-state index contributed by atoms with van der Waals surface area (Å²) in [6.07, 6.45) is 0. The van der Waals surface area contributed by atoms with Crippen LogP contribution in [0, 0.1) is 0 Å². The van der Waals surface area contributed by atoms with Crippen molar-refractivity contribution in [2.75, 3.05) is 4.90 Å². The average molecular weight is 847 g/mol. The zero-order valence-electron chi connectivity index (χ0n) is 36.1. The van der Waals surface area contributed by atoms with E-state index in [0.717, 1.165) is 22.7 Å². The van der Waals surface area contributed by atoms with Gasteiger partial charge in [-0.15, -0.1) is 0 Å². The Morgan fingerprint density at radius 3 is 1.80 bits per heavy atom. The number of hydrogen-bond donors (Lipinski definition) is 0. The van der Waals surface area contributed by atoms with Gasteiger partial charge in [-0.3, -0.25) is 0 Å². The van der Waals surface area contributed by atoms with Crippen molar-refractivity contribution in [1.29, 1.82) is 0 Å². The molecule has 3 heteroatoms. The summed E-state index contributed by atoms with van der Waals surface area (Å²) in [5.41, 5.74) is 19.5. The van der Waals surface area contributed by atoms with Gasteiger partial charge in [-0.1, -0.05) is 171 Å². The van der Waals surface area contributed by atoms with Crippen LogP contribution < -0.4 is 4.90 Å². The fourth-order valence-electron chi connectivity index (χ4n) is 12.1. The zero-order valence-corrected chi connectivity index (χ0v) is 36.9. The Hall–Kier alpha value is -7.59. The largest absolute Gasteiger partial charge is 0.310 e. The van der Waals surface area contributed by atoms with Gasteiger partial charge >= 0.3 is 0 Å². The van der Waals surface area contributed by atoms with E-state index < -0.39 is 5.41 Å². The van der Waals surface area contributed by atoms with Crippen LogP contribution in [0.25, 0.3) is 60.5 Å². The molecule has 0 radical (unpaired) electrons. The second-order valence-electron chi connectivity index (χ2n) is 18.4. The van der Waals surface area contributed by atoms with Crippen molar-refractivity contribution < 1.29 is 0 Å². The van der Waals surface area contributed by atoms with E-state index in [-0.39, 0.29) is 5.41 Å². The van der Waals surface area contributed by atoms with Crippen LogP contribution in [0.4, 0.5) is 17.1 Å². The molecule has 11 aromatic rings. The molecule has 0 N–H and O–H groups in total. The van der Waals surface area contributed by atoms with Crippen LogP contribution in [0.15, 0.2) is 228 Å². The van der Waals surface area contributed by atoms with Gasteiger partial charge in [0.1, 0.15) is 0 Å². The number of benzene rings is 10. The second kappa shape index (κ2) is 13.5. The molecule has 2 nitrogen and oxygen atoms in total. The van der Waals surface area contributed by atoms with E-state index >= 15 is 0 Å². The molecule has 1 spiro atoms. The lowest BCUT2D eigenvalue weighted by Gasteiger charge is -2.46. The Labute approximate surface area is 383 Å². The molecule has 1 aliphatic heterocycles. The fraction of sp³-hybridized carbons (Fsp3) is 0.0645. The first kappa shape index (κ1) is 36.8. The average Bonchev–Trinajstić information content (AvgIpc) is 3.81. The number of fused-ring (bicyclic) bond motifs is 14. The molecule has 0 fully saturated rings. The van der Waals surface area contributed by atoms with Crippen LogP contribution in [-0.4, -0.2) is 4.57 Å². The van der Waals surface area contributed by atoms with Crippen molar-refractivity contribution in [3.8, 4) is 27.9 Å². The van der Waals surface area contributed by atoms with Crippen molar-refractivity contribution in [2.45, 2.75) is 34.5 Å². The third kappa shape index (κ3) is 4.96. The minimum absolute atomic E-state index is 0.154. The third-order valence-electron chi connectivity index (χ3n) is 14.8. The molecular formula is C62H42N2S. The predicted molar refractivity (Wildman–Crippen MR) is 272 cm³/mol. The summed E-state index contributed by atoms with van der Waals surface area (Å²) >= 11 is 1.90. The number of aromatic nitrogens is 1. The SMILES string of the molecule is CC1(C)c2ccccc2-c2ccc(N(c3ccc4c(c3)C3(c5ccccc5S4)c4ccccc4-c4cccc5cccc3c45)c3ccc4c(c3)c3ccccc3n4-c3ccccc3)cc21. The molecule has 10 aromatic carbocycles. The zero-order chi connectivity index (χ0) is 43.0. The number of rotatable bonds is 4. The molecule has 2 aliphatic carbocycles. The van der Waals surface area contributed by atoms with E-state index in [1.807, 2.05) is 11.8 Å². The van der Waals surface area contributed by atoms with Crippen molar-refractivity contribution in [1.82, 2.24) is 4.57 Å². The highest BCUT2D eigenvalue weighted by atomic mass is 32.2. The molecule has 0 bridgehead atoms. The summed E-state index contributed by atoms with van der Waals surface area (Å²) in [5.74, 6) is 0. The Balaban J connectivity index is 1.06. The van der Waals surface area contributed by atoms with Gasteiger partial charge in [0.2, 0.25) is 0 Å². The fourth-order valence-corrected chi connectivity index (χ4v) is 13.2. The Morgan fingerprint density at radius 1 is 0.385 bits per heavy atom. The second-order valence-corrected chi connectivity index (χ2v) is 19.5. The summed E-state index contributed by atoms with van der Waals surface area (Å²) in [6, 6.07) is 82.2. The molecule has 1 atom stereocenters. The summed E-state index contributed by atoms with van der Waals surface area (Å²) < 4.78 is 2.41. The first-order chi connectivity index (χ1) is 32.0. The van der Waals surface area contributed by atoms with Gasteiger partial charge in [-0.05, 0) is 139 Å². The quantitative estimate of drug-likeness (QED) is 0.174. The lowest BCUT2D eigenvalue weighted by atomic mass is 9.59. The first-order valence-electron chi connectivity index (χ1n) is 22.7. The Kier molecular flexibility index (Phi) is 7.63. The van der Waals surface area contributed by atoms with Gasteiger partial charge in [0.05, 0.1) is 16.4 Å². The maximum absolute atomic E-state index is 2.53. The summed E-state index contributed by atoms with van der Waals surface area (Å²) in [7, 11) is 0. The number of nitrogens with zero attached hydrogens (tertiary/aromatic N) is 2. The van der Waals surface area contributed by atoms with Crippen LogP contribution in [0.5, 0.6) is 0 Å². The monoisotopic (exact) mass is 846 g/mol. The van der Waals surface area contributed by atoms with E-state index in [4.69, 9.17) is 0 Å². The van der Waals surface area contributed by atoms with Crippen LogP contribution in [0.1, 0.15) is 47.2 Å². The maximum atomic E-state index is 2.53. The van der Waals surface area contributed by atoms with Gasteiger partial charge in [0.25, 0.3) is 0 Å². The smallest absolute Gasteiger partial charge is 0.0736 e. The van der Waals surface area contributed by atoms with Gasteiger partial charge in [-0.25, -0.2) is 0 Å². The molecule has 3 aliphatic rings. The molecular weight excluding hydrogens is 805 g/mol. The molecule has 306 valence electrons. The highest BCUT2D eigenvalue weighted by Gasteiger charge is 2.49. The minimum Gasteiger partial charge on any atom is -0.310 e. The van der Waals surface area contributed by atoms with E-state index in [1.54, 1.807) is 0 Å². The Bertz CT molecular complexity index is 3800. The molecule has 0 saturated carbocycles. The van der Waals surface area contributed by atoms with Crippen LogP contribution >= 0.6 is 11.8 Å². The van der Waals surface area contributed by atoms with Crippen molar-refractivity contribution in [2.24, 2.45) is 0 Å². The van der Waals surface area contributed by atoms with Crippen molar-refractivity contribution >= 4 is 61.4 Å². The molecule has 2 heterocycles. The van der Waals surface area contributed by atoms with Gasteiger partial charge in [0.15, 0.2) is 0 Å². The van der Waals surface area contributed by atoms with Crippen LogP contribution in [0.3, 0.4) is 0 Å². The minimum atomic E-state index is -0.558. The van der Waals surface area contributed by atoms with E-state index in [2.05, 4.69) is 242 Å². The summed E-state index contributed by atoms with van der Waals surface area (Å²) in [6.45, 7) is 4.76. The maximum Gasteiger partial charge on any atom is 0.0736 e. The number of anilines is 3. The number of para-hydroxylation sites is 2. The van der Waals surface area contributed by atoms with Crippen LogP contribution in [-0.2, 0) is 10.8 Å². The standard InChI is InChI=1S/C62H42N2S/c1-61(2)50-24-9-6-20-44(50)46-33-30-42(37-54(46)61)63(41-31-34-57-49(36-41)47-22-8-12-28-56(47)64(57)40-18-4-3-5-19-40)43-32-35-59-55(38-43)62(52-26-11-13-29-58(52)65-59)51-25-10-7-21-45(51)48-23-14-16-39-17-15-27-53(62)60(39)48/h3-38H,1-2H3. The molecule has 1 unspecified atom stereocenters. The highest BCUT2D eigenvalue weighted by Crippen LogP contribution is 2.62.